The Morgan fingerprint density at radius 1 is 1.16 bits per heavy atom. The Kier molecular flexibility index (Phi) is 7.85. The molecule has 2 fully saturated rings. The van der Waals surface area contributed by atoms with Gasteiger partial charge in [0.2, 0.25) is 0 Å². The number of esters is 1. The highest BCUT2D eigenvalue weighted by atomic mass is 35.5. The number of nitrogens with one attached hydrogen (secondary N) is 1. The number of rotatable bonds is 8. The quantitative estimate of drug-likeness (QED) is 0.352. The van der Waals surface area contributed by atoms with Gasteiger partial charge in [0.15, 0.2) is 11.5 Å². The summed E-state index contributed by atoms with van der Waals surface area (Å²) in [6.07, 6.45) is 7.12. The van der Waals surface area contributed by atoms with Crippen molar-refractivity contribution in [3.63, 3.8) is 0 Å². The Balaban J connectivity index is 1.40. The SMILES string of the molecule is CC1(C)CN(CCOc2cc3c(Nc4ccc(F)c(Cl)c4)ncnc3cc2OC2CCCCC2)CC(=O)O1. The maximum atomic E-state index is 13.7. The van der Waals surface area contributed by atoms with Gasteiger partial charge in [-0.3, -0.25) is 9.69 Å². The Bertz CT molecular complexity index is 1320. The molecule has 3 aromatic rings. The molecule has 0 spiro atoms. The Morgan fingerprint density at radius 3 is 2.74 bits per heavy atom. The van der Waals surface area contributed by atoms with Crippen molar-refractivity contribution in [2.75, 3.05) is 31.6 Å². The van der Waals surface area contributed by atoms with Crippen LogP contribution < -0.4 is 14.8 Å². The van der Waals surface area contributed by atoms with E-state index in [0.717, 1.165) is 31.1 Å². The zero-order valence-electron chi connectivity index (χ0n) is 21.6. The van der Waals surface area contributed by atoms with Crippen LogP contribution in [0.5, 0.6) is 11.5 Å². The van der Waals surface area contributed by atoms with Crippen LogP contribution in [0.3, 0.4) is 0 Å². The Hall–Kier alpha value is -3.17. The van der Waals surface area contributed by atoms with Crippen molar-refractivity contribution in [1.82, 2.24) is 14.9 Å². The molecule has 1 N–H and O–H groups in total. The fraction of sp³-hybridized carbons (Fsp3) is 0.464. The number of carbonyl (C=O) groups excluding carboxylic acids is 1. The van der Waals surface area contributed by atoms with Gasteiger partial charge in [-0.1, -0.05) is 18.0 Å². The van der Waals surface area contributed by atoms with E-state index >= 15 is 0 Å². The fourth-order valence-electron chi connectivity index (χ4n) is 5.03. The standard InChI is InChI=1S/C28H32ClFN4O4/c1-28(2)16-34(15-26(35)38-28)10-11-36-24-13-20-23(14-25(24)37-19-6-4-3-5-7-19)31-17-32-27(20)33-18-8-9-22(30)21(29)12-18/h8-9,12-14,17,19H,3-7,10-11,15-16H2,1-2H3,(H,31,32,33). The molecule has 0 amide bonds. The largest absolute Gasteiger partial charge is 0.488 e. The molecular formula is C28H32ClFN4O4. The van der Waals surface area contributed by atoms with E-state index in [0.29, 0.717) is 48.2 Å². The van der Waals surface area contributed by atoms with Crippen LogP contribution in [0.4, 0.5) is 15.9 Å². The third kappa shape index (κ3) is 6.45. The summed E-state index contributed by atoms with van der Waals surface area (Å²) in [6, 6.07) is 8.16. The normalized spacial score (nSPS) is 18.3. The zero-order chi connectivity index (χ0) is 26.7. The summed E-state index contributed by atoms with van der Waals surface area (Å²) in [5, 5.41) is 3.95. The first kappa shape index (κ1) is 26.4. The van der Waals surface area contributed by atoms with Gasteiger partial charge in [-0.15, -0.1) is 0 Å². The number of hydrogen-bond acceptors (Lipinski definition) is 8. The maximum absolute atomic E-state index is 13.7. The average molecular weight is 543 g/mol. The van der Waals surface area contributed by atoms with Crippen LogP contribution in [0.25, 0.3) is 10.9 Å². The average Bonchev–Trinajstić information content (AvgIpc) is 2.86. The summed E-state index contributed by atoms with van der Waals surface area (Å²) in [5.41, 5.74) is 0.754. The van der Waals surface area contributed by atoms with Gasteiger partial charge in [0.25, 0.3) is 0 Å². The maximum Gasteiger partial charge on any atom is 0.320 e. The summed E-state index contributed by atoms with van der Waals surface area (Å²) >= 11 is 5.97. The van der Waals surface area contributed by atoms with Crippen molar-refractivity contribution in [2.24, 2.45) is 0 Å². The van der Waals surface area contributed by atoms with E-state index in [2.05, 4.69) is 15.3 Å². The van der Waals surface area contributed by atoms with E-state index in [-0.39, 0.29) is 23.6 Å². The molecule has 10 heteroatoms. The molecule has 1 saturated carbocycles. The molecule has 2 heterocycles. The number of anilines is 2. The molecule has 2 aromatic carbocycles. The lowest BCUT2D eigenvalue weighted by molar-refractivity contribution is -0.169. The molecule has 0 radical (unpaired) electrons. The third-order valence-corrected chi connectivity index (χ3v) is 7.03. The van der Waals surface area contributed by atoms with E-state index in [9.17, 15) is 9.18 Å². The topological polar surface area (TPSA) is 85.8 Å². The van der Waals surface area contributed by atoms with Crippen molar-refractivity contribution < 1.29 is 23.4 Å². The predicted octanol–water partition coefficient (Wildman–Crippen LogP) is 5.89. The monoisotopic (exact) mass is 542 g/mol. The highest BCUT2D eigenvalue weighted by Crippen LogP contribution is 2.37. The second-order valence-electron chi connectivity index (χ2n) is 10.5. The molecule has 1 aromatic heterocycles. The molecule has 0 bridgehead atoms. The van der Waals surface area contributed by atoms with Gasteiger partial charge in [-0.05, 0) is 63.8 Å². The lowest BCUT2D eigenvalue weighted by atomic mass is 9.98. The summed E-state index contributed by atoms with van der Waals surface area (Å²) in [5.74, 6) is 1.03. The van der Waals surface area contributed by atoms with Crippen LogP contribution in [0.15, 0.2) is 36.7 Å². The molecule has 1 aliphatic carbocycles. The minimum atomic E-state index is -0.533. The number of cyclic esters (lactones) is 1. The van der Waals surface area contributed by atoms with Crippen molar-refractivity contribution in [1.29, 1.82) is 0 Å². The van der Waals surface area contributed by atoms with Gasteiger partial charge in [-0.25, -0.2) is 14.4 Å². The van der Waals surface area contributed by atoms with E-state index in [1.807, 2.05) is 30.9 Å². The fourth-order valence-corrected chi connectivity index (χ4v) is 5.21. The molecule has 202 valence electrons. The van der Waals surface area contributed by atoms with Crippen LogP contribution in [0.2, 0.25) is 5.02 Å². The number of ether oxygens (including phenoxy) is 3. The van der Waals surface area contributed by atoms with Crippen molar-refractivity contribution in [3.8, 4) is 11.5 Å². The number of morpholine rings is 1. The lowest BCUT2D eigenvalue weighted by Gasteiger charge is -2.37. The van der Waals surface area contributed by atoms with Crippen molar-refractivity contribution >= 4 is 40.0 Å². The number of carbonyl (C=O) groups is 1. The number of fused-ring (bicyclic) bond motifs is 1. The molecule has 0 unspecified atom stereocenters. The smallest absolute Gasteiger partial charge is 0.320 e. The Morgan fingerprint density at radius 2 is 1.97 bits per heavy atom. The first-order valence-electron chi connectivity index (χ1n) is 13.0. The van der Waals surface area contributed by atoms with E-state index in [1.54, 1.807) is 6.07 Å². The number of nitrogens with zero attached hydrogens (tertiary/aromatic N) is 3. The second-order valence-corrected chi connectivity index (χ2v) is 10.9. The van der Waals surface area contributed by atoms with Crippen LogP contribution >= 0.6 is 11.6 Å². The minimum absolute atomic E-state index is 0.0188. The van der Waals surface area contributed by atoms with Gasteiger partial charge in [0, 0.05) is 30.2 Å². The predicted molar refractivity (Wildman–Crippen MR) is 144 cm³/mol. The van der Waals surface area contributed by atoms with Crippen molar-refractivity contribution in [3.05, 3.63) is 47.5 Å². The number of benzene rings is 2. The van der Waals surface area contributed by atoms with Crippen molar-refractivity contribution in [2.45, 2.75) is 57.7 Å². The number of halogens is 2. The van der Waals surface area contributed by atoms with Crippen LogP contribution in [-0.2, 0) is 9.53 Å². The molecular weight excluding hydrogens is 511 g/mol. The van der Waals surface area contributed by atoms with E-state index < -0.39 is 11.4 Å². The summed E-state index contributed by atoms with van der Waals surface area (Å²) < 4.78 is 31.7. The molecule has 8 nitrogen and oxygen atoms in total. The summed E-state index contributed by atoms with van der Waals surface area (Å²) in [6.45, 7) is 5.59. The molecule has 2 aliphatic rings. The van der Waals surface area contributed by atoms with Crippen LogP contribution in [-0.4, -0.2) is 58.8 Å². The van der Waals surface area contributed by atoms with Gasteiger partial charge in [0.05, 0.1) is 23.2 Å². The van der Waals surface area contributed by atoms with Gasteiger partial charge in [-0.2, -0.15) is 0 Å². The van der Waals surface area contributed by atoms with Gasteiger partial charge < -0.3 is 19.5 Å². The second kappa shape index (κ2) is 11.3. The van der Waals surface area contributed by atoms with Crippen LogP contribution in [0, 0.1) is 5.82 Å². The van der Waals surface area contributed by atoms with E-state index in [4.69, 9.17) is 25.8 Å². The lowest BCUT2D eigenvalue weighted by Crippen LogP contribution is -2.51. The van der Waals surface area contributed by atoms with Gasteiger partial charge >= 0.3 is 5.97 Å². The minimum Gasteiger partial charge on any atom is -0.488 e. The molecule has 38 heavy (non-hydrogen) atoms. The number of hydrogen-bond donors (Lipinski definition) is 1. The molecule has 1 aliphatic heterocycles. The summed E-state index contributed by atoms with van der Waals surface area (Å²) in [4.78, 5) is 22.9. The highest BCUT2D eigenvalue weighted by molar-refractivity contribution is 6.31. The highest BCUT2D eigenvalue weighted by Gasteiger charge is 2.32. The van der Waals surface area contributed by atoms with Gasteiger partial charge in [0.1, 0.15) is 30.2 Å². The molecule has 1 saturated heterocycles. The first-order chi connectivity index (χ1) is 18.3. The Labute approximate surface area is 226 Å². The zero-order valence-corrected chi connectivity index (χ0v) is 22.4. The summed E-state index contributed by atoms with van der Waals surface area (Å²) in [7, 11) is 0. The first-order valence-corrected chi connectivity index (χ1v) is 13.4. The number of aromatic nitrogens is 2. The van der Waals surface area contributed by atoms with E-state index in [1.165, 1.54) is 24.9 Å². The van der Waals surface area contributed by atoms with Crippen LogP contribution in [0.1, 0.15) is 46.0 Å². The third-order valence-electron chi connectivity index (χ3n) is 6.74. The molecule has 0 atom stereocenters. The molecule has 5 rings (SSSR count).